The van der Waals surface area contributed by atoms with Gasteiger partial charge in [-0.05, 0) is 42.8 Å². The number of rotatable bonds is 4. The molecule has 3 rings (SSSR count). The van der Waals surface area contributed by atoms with Gasteiger partial charge in [0.1, 0.15) is 0 Å². The fourth-order valence-corrected chi connectivity index (χ4v) is 3.47. The van der Waals surface area contributed by atoms with Crippen LogP contribution >= 0.6 is 23.4 Å². The Morgan fingerprint density at radius 1 is 1.23 bits per heavy atom. The van der Waals surface area contributed by atoms with Crippen molar-refractivity contribution < 1.29 is 14.4 Å². The standard InChI is InChI=1S/C18H16ClN3O3S/c1-10-2-4-13(12(19)6-10)21-16(23)8-20-18(25)11-3-5-15-14(7-11)22-17(24)9-26-15/h2-7H,8-9H2,1H3,(H,20,25)(H,21,23)(H,22,24). The van der Waals surface area contributed by atoms with Crippen molar-refractivity contribution in [2.24, 2.45) is 0 Å². The number of carbonyl (C=O) groups is 3. The summed E-state index contributed by atoms with van der Waals surface area (Å²) in [7, 11) is 0. The molecular formula is C18H16ClN3O3S. The highest BCUT2D eigenvalue weighted by atomic mass is 35.5. The molecule has 8 heteroatoms. The van der Waals surface area contributed by atoms with Crippen LogP contribution in [-0.4, -0.2) is 30.0 Å². The second-order valence-electron chi connectivity index (χ2n) is 5.76. The monoisotopic (exact) mass is 389 g/mol. The molecule has 0 unspecified atom stereocenters. The van der Waals surface area contributed by atoms with E-state index in [-0.39, 0.29) is 18.4 Å². The van der Waals surface area contributed by atoms with Crippen LogP contribution in [0.1, 0.15) is 15.9 Å². The summed E-state index contributed by atoms with van der Waals surface area (Å²) in [5, 5.41) is 8.38. The molecule has 6 nitrogen and oxygen atoms in total. The summed E-state index contributed by atoms with van der Waals surface area (Å²) in [5.41, 5.74) is 2.45. The van der Waals surface area contributed by atoms with Gasteiger partial charge in [0.2, 0.25) is 11.8 Å². The molecule has 0 spiro atoms. The van der Waals surface area contributed by atoms with Crippen molar-refractivity contribution >= 4 is 52.5 Å². The van der Waals surface area contributed by atoms with Crippen molar-refractivity contribution in [1.29, 1.82) is 0 Å². The summed E-state index contributed by atoms with van der Waals surface area (Å²) >= 11 is 7.49. The summed E-state index contributed by atoms with van der Waals surface area (Å²) in [6.07, 6.45) is 0. The molecule has 0 saturated heterocycles. The lowest BCUT2D eigenvalue weighted by Gasteiger charge is -2.17. The highest BCUT2D eigenvalue weighted by molar-refractivity contribution is 8.00. The van der Waals surface area contributed by atoms with Crippen molar-refractivity contribution in [3.8, 4) is 0 Å². The second-order valence-corrected chi connectivity index (χ2v) is 7.19. The average molecular weight is 390 g/mol. The second kappa shape index (κ2) is 7.80. The zero-order chi connectivity index (χ0) is 18.7. The largest absolute Gasteiger partial charge is 0.343 e. The van der Waals surface area contributed by atoms with Gasteiger partial charge in [-0.1, -0.05) is 17.7 Å². The number of nitrogens with one attached hydrogen (secondary N) is 3. The van der Waals surface area contributed by atoms with E-state index in [1.54, 1.807) is 30.3 Å². The van der Waals surface area contributed by atoms with Crippen LogP contribution in [0.25, 0.3) is 0 Å². The molecular weight excluding hydrogens is 374 g/mol. The number of carbonyl (C=O) groups excluding carboxylic acids is 3. The van der Waals surface area contributed by atoms with E-state index in [0.29, 0.717) is 27.7 Å². The fourth-order valence-electron chi connectivity index (χ4n) is 2.40. The van der Waals surface area contributed by atoms with E-state index in [1.807, 2.05) is 13.0 Å². The van der Waals surface area contributed by atoms with Gasteiger partial charge in [0, 0.05) is 10.5 Å². The third kappa shape index (κ3) is 4.36. The smallest absolute Gasteiger partial charge is 0.251 e. The Hall–Kier alpha value is -2.51. The first kappa shape index (κ1) is 18.3. The minimum absolute atomic E-state index is 0.102. The molecule has 26 heavy (non-hydrogen) atoms. The predicted molar refractivity (Wildman–Crippen MR) is 103 cm³/mol. The summed E-state index contributed by atoms with van der Waals surface area (Å²) < 4.78 is 0. The highest BCUT2D eigenvalue weighted by Crippen LogP contribution is 2.31. The van der Waals surface area contributed by atoms with E-state index in [0.717, 1.165) is 10.5 Å². The molecule has 0 fully saturated rings. The minimum atomic E-state index is -0.400. The van der Waals surface area contributed by atoms with Crippen molar-refractivity contribution in [1.82, 2.24) is 5.32 Å². The van der Waals surface area contributed by atoms with E-state index in [9.17, 15) is 14.4 Å². The Morgan fingerprint density at radius 2 is 2.04 bits per heavy atom. The van der Waals surface area contributed by atoms with Gasteiger partial charge in [0.25, 0.3) is 5.91 Å². The molecule has 1 heterocycles. The number of anilines is 2. The Morgan fingerprint density at radius 3 is 2.81 bits per heavy atom. The molecule has 3 N–H and O–H groups in total. The molecule has 2 aromatic carbocycles. The third-order valence-electron chi connectivity index (χ3n) is 3.68. The van der Waals surface area contributed by atoms with Crippen LogP contribution in [0, 0.1) is 6.92 Å². The molecule has 0 aliphatic carbocycles. The van der Waals surface area contributed by atoms with Gasteiger partial charge in [0.05, 0.1) is 28.7 Å². The number of hydrogen-bond acceptors (Lipinski definition) is 4. The number of benzene rings is 2. The first-order chi connectivity index (χ1) is 12.4. The first-order valence-electron chi connectivity index (χ1n) is 7.83. The summed E-state index contributed by atoms with van der Waals surface area (Å²) in [4.78, 5) is 36.6. The zero-order valence-electron chi connectivity index (χ0n) is 13.9. The predicted octanol–water partition coefficient (Wildman–Crippen LogP) is 3.06. The number of hydrogen-bond donors (Lipinski definition) is 3. The van der Waals surface area contributed by atoms with Gasteiger partial charge < -0.3 is 16.0 Å². The van der Waals surface area contributed by atoms with E-state index < -0.39 is 5.91 Å². The van der Waals surface area contributed by atoms with E-state index in [2.05, 4.69) is 16.0 Å². The van der Waals surface area contributed by atoms with Crippen molar-refractivity contribution in [3.63, 3.8) is 0 Å². The number of amides is 3. The van der Waals surface area contributed by atoms with Crippen molar-refractivity contribution in [2.75, 3.05) is 22.9 Å². The maximum absolute atomic E-state index is 12.2. The van der Waals surface area contributed by atoms with Gasteiger partial charge in [-0.25, -0.2) is 0 Å². The normalized spacial score (nSPS) is 12.8. The fraction of sp³-hybridized carbons (Fsp3) is 0.167. The Bertz CT molecular complexity index is 901. The van der Waals surface area contributed by atoms with Gasteiger partial charge in [-0.15, -0.1) is 11.8 Å². The Labute approximate surface area is 159 Å². The lowest BCUT2D eigenvalue weighted by molar-refractivity contribution is -0.115. The third-order valence-corrected chi connectivity index (χ3v) is 5.07. The van der Waals surface area contributed by atoms with Crippen LogP contribution in [0.5, 0.6) is 0 Å². The summed E-state index contributed by atoms with van der Waals surface area (Å²) in [6, 6.07) is 10.3. The minimum Gasteiger partial charge on any atom is -0.343 e. The Kier molecular flexibility index (Phi) is 5.49. The lowest BCUT2D eigenvalue weighted by Crippen LogP contribution is -2.33. The van der Waals surface area contributed by atoms with Gasteiger partial charge in [0.15, 0.2) is 0 Å². The van der Waals surface area contributed by atoms with E-state index in [1.165, 1.54) is 11.8 Å². The molecule has 0 saturated carbocycles. The van der Waals surface area contributed by atoms with Crippen LogP contribution < -0.4 is 16.0 Å². The van der Waals surface area contributed by atoms with Crippen molar-refractivity contribution in [3.05, 3.63) is 52.5 Å². The molecule has 134 valence electrons. The molecule has 2 aromatic rings. The van der Waals surface area contributed by atoms with Crippen LogP contribution in [0.4, 0.5) is 11.4 Å². The van der Waals surface area contributed by atoms with Crippen LogP contribution in [0.3, 0.4) is 0 Å². The Balaban J connectivity index is 1.59. The molecule has 3 amide bonds. The summed E-state index contributed by atoms with van der Waals surface area (Å²) in [6.45, 7) is 1.71. The molecule has 0 radical (unpaired) electrons. The molecule has 1 aliphatic heterocycles. The highest BCUT2D eigenvalue weighted by Gasteiger charge is 2.17. The maximum atomic E-state index is 12.2. The number of halogens is 1. The maximum Gasteiger partial charge on any atom is 0.251 e. The van der Waals surface area contributed by atoms with E-state index >= 15 is 0 Å². The summed E-state index contributed by atoms with van der Waals surface area (Å²) in [5.74, 6) is -0.525. The molecule has 1 aliphatic rings. The lowest BCUT2D eigenvalue weighted by atomic mass is 10.2. The zero-order valence-corrected chi connectivity index (χ0v) is 15.5. The van der Waals surface area contributed by atoms with Gasteiger partial charge >= 0.3 is 0 Å². The number of aryl methyl sites for hydroxylation is 1. The average Bonchev–Trinajstić information content (AvgIpc) is 2.61. The van der Waals surface area contributed by atoms with E-state index in [4.69, 9.17) is 11.6 Å². The van der Waals surface area contributed by atoms with Gasteiger partial charge in [-0.3, -0.25) is 14.4 Å². The van der Waals surface area contributed by atoms with Crippen LogP contribution in [0.2, 0.25) is 5.02 Å². The molecule has 0 aromatic heterocycles. The molecule has 0 atom stereocenters. The molecule has 0 bridgehead atoms. The number of thioether (sulfide) groups is 1. The first-order valence-corrected chi connectivity index (χ1v) is 9.19. The van der Waals surface area contributed by atoms with Gasteiger partial charge in [-0.2, -0.15) is 0 Å². The van der Waals surface area contributed by atoms with Crippen LogP contribution in [-0.2, 0) is 9.59 Å². The topological polar surface area (TPSA) is 87.3 Å². The SMILES string of the molecule is Cc1ccc(NC(=O)CNC(=O)c2ccc3c(c2)NC(=O)CS3)c(Cl)c1. The van der Waals surface area contributed by atoms with Crippen molar-refractivity contribution in [2.45, 2.75) is 11.8 Å². The number of fused-ring (bicyclic) bond motifs is 1. The quantitative estimate of drug-likeness (QED) is 0.750. The van der Waals surface area contributed by atoms with Crippen LogP contribution in [0.15, 0.2) is 41.3 Å².